The van der Waals surface area contributed by atoms with Crippen LogP contribution in [0.4, 0.5) is 5.82 Å². The van der Waals surface area contributed by atoms with Crippen molar-refractivity contribution in [2.75, 3.05) is 19.0 Å². The van der Waals surface area contributed by atoms with Crippen LogP contribution in [-0.4, -0.2) is 23.6 Å². The number of hydrogen-bond acceptors (Lipinski definition) is 4. The molecule has 1 N–H and O–H groups in total. The monoisotopic (exact) mass is 305 g/mol. The number of methoxy groups -OCH3 is 1. The molecule has 0 radical (unpaired) electrons. The smallest absolute Gasteiger partial charge is 0.138 e. The lowest BCUT2D eigenvalue weighted by molar-refractivity contribution is 0.415. The molecule has 21 heavy (non-hydrogen) atoms. The fourth-order valence-corrected chi connectivity index (χ4v) is 2.16. The molecule has 0 fully saturated rings. The second-order valence-electron chi connectivity index (χ2n) is 5.03. The fraction of sp³-hybridized carbons (Fsp3) is 0.375. The van der Waals surface area contributed by atoms with E-state index in [9.17, 15) is 0 Å². The second-order valence-corrected chi connectivity index (χ2v) is 5.44. The molecule has 0 aliphatic carbocycles. The molecule has 0 aliphatic heterocycles. The third-order valence-corrected chi connectivity index (χ3v) is 3.38. The fourth-order valence-electron chi connectivity index (χ4n) is 1.96. The maximum atomic E-state index is 6.08. The van der Waals surface area contributed by atoms with Crippen molar-refractivity contribution in [1.29, 1.82) is 0 Å². The summed E-state index contributed by atoms with van der Waals surface area (Å²) in [5, 5.41) is 3.83. The number of nitrogens with one attached hydrogen (secondary N) is 1. The van der Waals surface area contributed by atoms with Crippen LogP contribution in [-0.2, 0) is 0 Å². The lowest BCUT2D eigenvalue weighted by Gasteiger charge is -2.12. The molecule has 0 aliphatic rings. The number of benzene rings is 1. The Morgan fingerprint density at radius 3 is 2.62 bits per heavy atom. The van der Waals surface area contributed by atoms with Crippen molar-refractivity contribution < 1.29 is 4.74 Å². The van der Waals surface area contributed by atoms with Crippen molar-refractivity contribution in [3.8, 4) is 17.0 Å². The first-order valence-corrected chi connectivity index (χ1v) is 7.39. The van der Waals surface area contributed by atoms with Crippen LogP contribution < -0.4 is 10.1 Å². The molecule has 0 saturated heterocycles. The molecule has 5 heteroatoms. The normalized spacial score (nSPS) is 10.8. The van der Waals surface area contributed by atoms with Crippen molar-refractivity contribution >= 4 is 17.4 Å². The van der Waals surface area contributed by atoms with Crippen LogP contribution >= 0.6 is 11.6 Å². The highest BCUT2D eigenvalue weighted by Crippen LogP contribution is 2.30. The predicted octanol–water partition coefficient (Wildman–Crippen LogP) is 4.36. The molecule has 2 aromatic rings. The van der Waals surface area contributed by atoms with E-state index < -0.39 is 0 Å². The summed E-state index contributed by atoms with van der Waals surface area (Å²) in [4.78, 5) is 9.17. The predicted molar refractivity (Wildman–Crippen MR) is 87.3 cm³/mol. The van der Waals surface area contributed by atoms with Gasteiger partial charge in [-0.15, -0.1) is 0 Å². The van der Waals surface area contributed by atoms with Gasteiger partial charge in [-0.25, -0.2) is 9.97 Å². The van der Waals surface area contributed by atoms with E-state index in [1.54, 1.807) is 7.11 Å². The number of ether oxygens (including phenoxy) is 1. The van der Waals surface area contributed by atoms with Crippen molar-refractivity contribution in [1.82, 2.24) is 9.97 Å². The molecule has 0 amide bonds. The van der Waals surface area contributed by atoms with Gasteiger partial charge in [-0.3, -0.25) is 0 Å². The van der Waals surface area contributed by atoms with Gasteiger partial charge >= 0.3 is 0 Å². The van der Waals surface area contributed by atoms with E-state index in [1.807, 2.05) is 31.2 Å². The molecule has 1 aromatic heterocycles. The first-order chi connectivity index (χ1) is 10.0. The van der Waals surface area contributed by atoms with Crippen molar-refractivity contribution in [3.63, 3.8) is 0 Å². The van der Waals surface area contributed by atoms with E-state index in [0.717, 1.165) is 29.4 Å². The Balaban J connectivity index is 2.51. The van der Waals surface area contributed by atoms with Gasteiger partial charge in [-0.2, -0.15) is 0 Å². The third kappa shape index (κ3) is 3.64. The molecule has 0 unspecified atom stereocenters. The average molecular weight is 306 g/mol. The molecule has 0 spiro atoms. The first-order valence-electron chi connectivity index (χ1n) is 7.02. The summed E-state index contributed by atoms with van der Waals surface area (Å²) in [6.07, 6.45) is 0. The number of hydrogen-bond donors (Lipinski definition) is 1. The first kappa shape index (κ1) is 15.6. The highest BCUT2D eigenvalue weighted by atomic mass is 35.5. The van der Waals surface area contributed by atoms with Gasteiger partial charge in [0.15, 0.2) is 0 Å². The van der Waals surface area contributed by atoms with E-state index in [2.05, 4.69) is 29.1 Å². The highest BCUT2D eigenvalue weighted by Gasteiger charge is 2.11. The number of halogens is 1. The summed E-state index contributed by atoms with van der Waals surface area (Å²) < 4.78 is 5.27. The van der Waals surface area contributed by atoms with Crippen LogP contribution in [0.25, 0.3) is 11.3 Å². The van der Waals surface area contributed by atoms with E-state index in [-0.39, 0.29) is 5.92 Å². The Kier molecular flexibility index (Phi) is 5.02. The topological polar surface area (TPSA) is 47.0 Å². The van der Waals surface area contributed by atoms with Crippen LogP contribution in [0.3, 0.4) is 0 Å². The van der Waals surface area contributed by atoms with Gasteiger partial charge < -0.3 is 10.1 Å². The molecule has 4 nitrogen and oxygen atoms in total. The lowest BCUT2D eigenvalue weighted by Crippen LogP contribution is -2.05. The molecule has 0 atom stereocenters. The summed E-state index contributed by atoms with van der Waals surface area (Å²) in [5.41, 5.74) is 1.82. The summed E-state index contributed by atoms with van der Waals surface area (Å²) in [7, 11) is 1.61. The summed E-state index contributed by atoms with van der Waals surface area (Å²) in [6, 6.07) is 7.59. The molecule has 1 heterocycles. The maximum Gasteiger partial charge on any atom is 0.138 e. The number of anilines is 1. The molecule has 1 aromatic carbocycles. The molecule has 2 rings (SSSR count). The minimum absolute atomic E-state index is 0.261. The Morgan fingerprint density at radius 2 is 2.00 bits per heavy atom. The average Bonchev–Trinajstić information content (AvgIpc) is 2.47. The van der Waals surface area contributed by atoms with Gasteiger partial charge in [0.25, 0.3) is 0 Å². The quantitative estimate of drug-likeness (QED) is 0.891. The Morgan fingerprint density at radius 1 is 1.24 bits per heavy atom. The van der Waals surface area contributed by atoms with E-state index >= 15 is 0 Å². The number of rotatable bonds is 5. The van der Waals surface area contributed by atoms with Gasteiger partial charge in [-0.1, -0.05) is 31.5 Å². The summed E-state index contributed by atoms with van der Waals surface area (Å²) in [6.45, 7) is 7.02. The van der Waals surface area contributed by atoms with Crippen LogP contribution in [0.5, 0.6) is 5.75 Å². The molecule has 0 saturated carbocycles. The van der Waals surface area contributed by atoms with E-state index in [0.29, 0.717) is 10.8 Å². The zero-order chi connectivity index (χ0) is 15.4. The van der Waals surface area contributed by atoms with E-state index in [4.69, 9.17) is 16.3 Å². The van der Waals surface area contributed by atoms with Gasteiger partial charge in [0, 0.05) is 24.1 Å². The van der Waals surface area contributed by atoms with Crippen LogP contribution in [0, 0.1) is 0 Å². The van der Waals surface area contributed by atoms with Gasteiger partial charge in [0.1, 0.15) is 17.4 Å². The Labute approximate surface area is 130 Å². The summed E-state index contributed by atoms with van der Waals surface area (Å²) >= 11 is 6.08. The zero-order valence-corrected chi connectivity index (χ0v) is 13.5. The second kappa shape index (κ2) is 6.76. The lowest BCUT2D eigenvalue weighted by atomic mass is 10.1. The van der Waals surface area contributed by atoms with Crippen molar-refractivity contribution in [3.05, 3.63) is 35.1 Å². The van der Waals surface area contributed by atoms with Gasteiger partial charge in [0.05, 0.1) is 17.8 Å². The van der Waals surface area contributed by atoms with Crippen LogP contribution in [0.1, 0.15) is 32.5 Å². The Hall–Kier alpha value is -1.81. The minimum Gasteiger partial charge on any atom is -0.495 e. The number of aromatic nitrogens is 2. The van der Waals surface area contributed by atoms with E-state index in [1.165, 1.54) is 0 Å². The molecule has 0 bridgehead atoms. The van der Waals surface area contributed by atoms with Crippen LogP contribution in [0.15, 0.2) is 24.3 Å². The highest BCUT2D eigenvalue weighted by molar-refractivity contribution is 6.32. The van der Waals surface area contributed by atoms with Crippen molar-refractivity contribution in [2.45, 2.75) is 26.7 Å². The Bertz CT molecular complexity index is 629. The maximum absolute atomic E-state index is 6.08. The molecule has 112 valence electrons. The van der Waals surface area contributed by atoms with Crippen LogP contribution in [0.2, 0.25) is 5.02 Å². The van der Waals surface area contributed by atoms with Crippen molar-refractivity contribution in [2.24, 2.45) is 0 Å². The molecular formula is C16H20ClN3O. The molecular weight excluding hydrogens is 286 g/mol. The van der Waals surface area contributed by atoms with Gasteiger partial charge in [-0.05, 0) is 19.1 Å². The van der Waals surface area contributed by atoms with Gasteiger partial charge in [0.2, 0.25) is 0 Å². The third-order valence-electron chi connectivity index (χ3n) is 3.06. The summed E-state index contributed by atoms with van der Waals surface area (Å²) in [5.74, 6) is 2.55. The largest absolute Gasteiger partial charge is 0.495 e. The zero-order valence-electron chi connectivity index (χ0n) is 12.8. The minimum atomic E-state index is 0.261. The standard InChI is InChI=1S/C16H20ClN3O/c1-5-18-15-9-13(19-16(20-15)10(2)3)11-6-7-12(17)14(8-11)21-4/h6-10H,5H2,1-4H3,(H,18,19,20). The SMILES string of the molecule is CCNc1cc(-c2ccc(Cl)c(OC)c2)nc(C(C)C)n1. The number of nitrogens with zero attached hydrogens (tertiary/aromatic N) is 2.